The smallest absolute Gasteiger partial charge is 0.348 e. The van der Waals surface area contributed by atoms with Gasteiger partial charge in [0.2, 0.25) is 11.9 Å². The number of alkyl halides is 3. The van der Waals surface area contributed by atoms with Gasteiger partial charge in [-0.1, -0.05) is 42.5 Å². The van der Waals surface area contributed by atoms with E-state index in [1.165, 1.54) is 22.8 Å². The summed E-state index contributed by atoms with van der Waals surface area (Å²) in [5.74, 6) is 0.115. The van der Waals surface area contributed by atoms with Gasteiger partial charge in [0.05, 0.1) is 23.4 Å². The van der Waals surface area contributed by atoms with E-state index in [-0.39, 0.29) is 18.0 Å². The number of pyridine rings is 1. The summed E-state index contributed by atoms with van der Waals surface area (Å²) < 4.78 is 40.0. The molecule has 5 aromatic rings. The van der Waals surface area contributed by atoms with Crippen molar-refractivity contribution in [1.29, 1.82) is 0 Å². The summed E-state index contributed by atoms with van der Waals surface area (Å²) in [7, 11) is 0. The fraction of sp³-hybridized carbons (Fsp3) is 0.229. The molecule has 0 saturated carbocycles. The summed E-state index contributed by atoms with van der Waals surface area (Å²) in [5, 5.41) is 3.41. The lowest BCUT2D eigenvalue weighted by atomic mass is 10.1. The predicted molar refractivity (Wildman–Crippen MR) is 171 cm³/mol. The molecule has 6 rings (SSSR count). The Morgan fingerprint density at radius 2 is 1.49 bits per heavy atom. The van der Waals surface area contributed by atoms with Crippen molar-refractivity contribution in [1.82, 2.24) is 24.8 Å². The first-order valence-corrected chi connectivity index (χ1v) is 15.1. The molecule has 1 aliphatic heterocycles. The molecule has 240 valence electrons. The summed E-state index contributed by atoms with van der Waals surface area (Å²) in [5.41, 5.74) is 2.36. The first-order chi connectivity index (χ1) is 22.6. The number of nitrogens with one attached hydrogen (secondary N) is 1. The highest BCUT2D eigenvalue weighted by Crippen LogP contribution is 2.29. The van der Waals surface area contributed by atoms with Crippen LogP contribution in [-0.4, -0.2) is 57.4 Å². The second-order valence-corrected chi connectivity index (χ2v) is 11.3. The van der Waals surface area contributed by atoms with Gasteiger partial charge in [-0.2, -0.15) is 18.2 Å². The Labute approximate surface area is 268 Å². The second-order valence-electron chi connectivity index (χ2n) is 11.3. The normalized spacial score (nSPS) is 13.5. The molecule has 3 aromatic carbocycles. The number of halogens is 3. The number of hydrogen-bond acceptors (Lipinski definition) is 6. The fourth-order valence-electron chi connectivity index (χ4n) is 5.54. The third kappa shape index (κ3) is 7.01. The Balaban J connectivity index is 1.17. The van der Waals surface area contributed by atoms with Crippen molar-refractivity contribution in [3.8, 4) is 5.69 Å². The summed E-state index contributed by atoms with van der Waals surface area (Å²) in [6.07, 6.45) is -4.08. The van der Waals surface area contributed by atoms with Crippen molar-refractivity contribution >= 4 is 28.8 Å². The van der Waals surface area contributed by atoms with Gasteiger partial charge in [-0.05, 0) is 60.5 Å². The van der Waals surface area contributed by atoms with Crippen LogP contribution in [0.4, 0.5) is 19.1 Å². The Bertz CT molecular complexity index is 1970. The van der Waals surface area contributed by atoms with Crippen LogP contribution in [0.2, 0.25) is 0 Å². The zero-order chi connectivity index (χ0) is 33.1. The van der Waals surface area contributed by atoms with E-state index >= 15 is 0 Å². The summed E-state index contributed by atoms with van der Waals surface area (Å²) >= 11 is 0. The molecule has 0 bridgehead atoms. The highest BCUT2D eigenvalue weighted by atomic mass is 19.4. The zero-order valence-corrected chi connectivity index (χ0v) is 25.5. The van der Waals surface area contributed by atoms with E-state index in [4.69, 9.17) is 9.97 Å². The van der Waals surface area contributed by atoms with E-state index in [2.05, 4.69) is 5.32 Å². The molecule has 47 heavy (non-hydrogen) atoms. The van der Waals surface area contributed by atoms with Gasteiger partial charge in [-0.25, -0.2) is 4.98 Å². The van der Waals surface area contributed by atoms with Crippen molar-refractivity contribution in [3.63, 3.8) is 0 Å². The van der Waals surface area contributed by atoms with Gasteiger partial charge in [0, 0.05) is 49.7 Å². The van der Waals surface area contributed by atoms with Crippen molar-refractivity contribution in [2.75, 3.05) is 31.1 Å². The number of anilines is 1. The highest BCUT2D eigenvalue weighted by Gasteiger charge is 2.30. The Hall–Kier alpha value is -5.52. The average Bonchev–Trinajstić information content (AvgIpc) is 3.07. The van der Waals surface area contributed by atoms with Gasteiger partial charge in [-0.15, -0.1) is 0 Å². The standard InChI is InChI=1S/C35H31F3N6O3/c1-23-29-15-16-30(45)44(28-13-9-26(10-14-28)33(47)39-22-25-7-11-27(12-8-25)35(36,37)38)32(29)41-34(40-23)43-19-17-42(18-20-43)31(46)21-24-5-3-2-4-6-24/h2-16H,17-22H2,1H3,(H,39,47). The van der Waals surface area contributed by atoms with E-state index in [1.807, 2.05) is 47.1 Å². The Morgan fingerprint density at radius 3 is 2.15 bits per heavy atom. The SMILES string of the molecule is Cc1nc(N2CCN(C(=O)Cc3ccccc3)CC2)nc2c1ccc(=O)n2-c1ccc(C(=O)NCc2ccc(C(F)(F)F)cc2)cc1. The molecule has 0 atom stereocenters. The lowest BCUT2D eigenvalue weighted by molar-refractivity contribution is -0.137. The molecule has 1 aliphatic rings. The number of benzene rings is 3. The number of aryl methyl sites for hydroxylation is 1. The minimum absolute atomic E-state index is 0.0515. The number of carbonyl (C=O) groups excluding carboxylic acids is 2. The summed E-state index contributed by atoms with van der Waals surface area (Å²) in [4.78, 5) is 52.2. The van der Waals surface area contributed by atoms with Crippen LogP contribution in [-0.2, 0) is 23.9 Å². The van der Waals surface area contributed by atoms with Crippen molar-refractivity contribution in [3.05, 3.63) is 129 Å². The highest BCUT2D eigenvalue weighted by molar-refractivity contribution is 5.94. The Kier molecular flexibility index (Phi) is 8.75. The molecule has 0 spiro atoms. The maximum atomic E-state index is 13.2. The van der Waals surface area contributed by atoms with Crippen LogP contribution in [0.1, 0.15) is 32.7 Å². The molecule has 2 aromatic heterocycles. The van der Waals surface area contributed by atoms with E-state index < -0.39 is 17.6 Å². The van der Waals surface area contributed by atoms with Gasteiger partial charge >= 0.3 is 6.18 Å². The largest absolute Gasteiger partial charge is 0.416 e. The molecule has 1 fully saturated rings. The number of aromatic nitrogens is 3. The molecule has 12 heteroatoms. The number of carbonyl (C=O) groups is 2. The lowest BCUT2D eigenvalue weighted by Gasteiger charge is -2.35. The van der Waals surface area contributed by atoms with Crippen molar-refractivity contribution in [2.24, 2.45) is 0 Å². The molecule has 0 radical (unpaired) electrons. The van der Waals surface area contributed by atoms with Crippen molar-refractivity contribution in [2.45, 2.75) is 26.1 Å². The first kappa shape index (κ1) is 31.5. The number of rotatable bonds is 7. The molecule has 1 N–H and O–H groups in total. The molecular weight excluding hydrogens is 609 g/mol. The van der Waals surface area contributed by atoms with Gasteiger partial charge in [-0.3, -0.25) is 19.0 Å². The molecule has 3 heterocycles. The maximum Gasteiger partial charge on any atom is 0.416 e. The van der Waals surface area contributed by atoms with Crippen molar-refractivity contribution < 1.29 is 22.8 Å². The maximum absolute atomic E-state index is 13.2. The van der Waals surface area contributed by atoms with Crippen LogP contribution in [0.25, 0.3) is 16.7 Å². The van der Waals surface area contributed by atoms with Gasteiger partial charge in [0.1, 0.15) is 0 Å². The summed E-state index contributed by atoms with van der Waals surface area (Å²) in [6.45, 7) is 4.03. The predicted octanol–water partition coefficient (Wildman–Crippen LogP) is 4.93. The quantitative estimate of drug-likeness (QED) is 0.271. The molecule has 0 unspecified atom stereocenters. The second kappa shape index (κ2) is 13.1. The number of fused-ring (bicyclic) bond motifs is 1. The zero-order valence-electron chi connectivity index (χ0n) is 25.5. The molecule has 1 saturated heterocycles. The molecule has 0 aliphatic carbocycles. The molecular formula is C35H31F3N6O3. The summed E-state index contributed by atoms with van der Waals surface area (Å²) in [6, 6.07) is 23.8. The first-order valence-electron chi connectivity index (χ1n) is 15.1. The van der Waals surface area contributed by atoms with E-state index in [9.17, 15) is 27.6 Å². The molecule has 2 amide bonds. The van der Waals surface area contributed by atoms with Crippen LogP contribution in [0.3, 0.4) is 0 Å². The van der Waals surface area contributed by atoms with E-state index in [0.29, 0.717) is 72.1 Å². The number of nitrogens with zero attached hydrogens (tertiary/aromatic N) is 5. The third-order valence-corrected chi connectivity index (χ3v) is 8.16. The minimum atomic E-state index is -4.43. The molecule has 9 nitrogen and oxygen atoms in total. The van der Waals surface area contributed by atoms with E-state index in [0.717, 1.165) is 17.7 Å². The van der Waals surface area contributed by atoms with Crippen LogP contribution < -0.4 is 15.8 Å². The lowest BCUT2D eigenvalue weighted by Crippen LogP contribution is -2.49. The fourth-order valence-corrected chi connectivity index (χ4v) is 5.54. The Morgan fingerprint density at radius 1 is 0.809 bits per heavy atom. The third-order valence-electron chi connectivity index (χ3n) is 8.16. The minimum Gasteiger partial charge on any atom is -0.348 e. The van der Waals surface area contributed by atoms with Gasteiger partial charge in [0.25, 0.3) is 11.5 Å². The van der Waals surface area contributed by atoms with Crippen LogP contribution in [0, 0.1) is 6.92 Å². The monoisotopic (exact) mass is 640 g/mol. The van der Waals surface area contributed by atoms with Gasteiger partial charge in [0.15, 0.2) is 5.65 Å². The number of amides is 2. The van der Waals surface area contributed by atoms with E-state index in [1.54, 1.807) is 30.3 Å². The van der Waals surface area contributed by atoms with Gasteiger partial charge < -0.3 is 15.1 Å². The van der Waals surface area contributed by atoms with Crippen LogP contribution in [0.5, 0.6) is 0 Å². The topological polar surface area (TPSA) is 100 Å². The number of piperazine rings is 1. The average molecular weight is 641 g/mol. The number of hydrogen-bond donors (Lipinski definition) is 1. The van der Waals surface area contributed by atoms with Crippen LogP contribution >= 0.6 is 0 Å². The van der Waals surface area contributed by atoms with Crippen LogP contribution in [0.15, 0.2) is 95.8 Å².